The Labute approximate surface area is 134 Å². The summed E-state index contributed by atoms with van der Waals surface area (Å²) in [6.45, 7) is 9.81. The highest BCUT2D eigenvalue weighted by molar-refractivity contribution is 5.56. The molecule has 3 rings (SSSR count). The van der Waals surface area contributed by atoms with Gasteiger partial charge in [0.1, 0.15) is 0 Å². The van der Waals surface area contributed by atoms with Gasteiger partial charge in [-0.15, -0.1) is 0 Å². The van der Waals surface area contributed by atoms with Gasteiger partial charge in [-0.1, -0.05) is 48.0 Å². The van der Waals surface area contributed by atoms with Gasteiger partial charge in [0.15, 0.2) is 0 Å². The molecule has 2 nitrogen and oxygen atoms in total. The Morgan fingerprint density at radius 2 is 1.86 bits per heavy atom. The van der Waals surface area contributed by atoms with Crippen LogP contribution in [-0.2, 0) is 13.0 Å². The van der Waals surface area contributed by atoms with Crippen LogP contribution in [0.15, 0.2) is 48.5 Å². The van der Waals surface area contributed by atoms with E-state index >= 15 is 0 Å². The molecule has 0 unspecified atom stereocenters. The summed E-state index contributed by atoms with van der Waals surface area (Å²) in [5.41, 5.74) is 5.68. The molecule has 2 aromatic carbocycles. The van der Waals surface area contributed by atoms with Crippen LogP contribution in [0.3, 0.4) is 0 Å². The summed E-state index contributed by atoms with van der Waals surface area (Å²) in [4.78, 5) is 2.54. The number of fused-ring (bicyclic) bond motifs is 1. The Kier molecular flexibility index (Phi) is 4.21. The van der Waals surface area contributed by atoms with E-state index in [1.165, 1.54) is 22.4 Å². The molecule has 0 atom stereocenters. The van der Waals surface area contributed by atoms with Crippen LogP contribution >= 0.6 is 0 Å². The Bertz CT molecular complexity index is 631. The molecule has 1 aliphatic rings. The minimum atomic E-state index is 0.129. The molecule has 0 aliphatic carbocycles. The van der Waals surface area contributed by atoms with E-state index in [-0.39, 0.29) is 5.54 Å². The third-order valence-corrected chi connectivity index (χ3v) is 4.43. The summed E-state index contributed by atoms with van der Waals surface area (Å²) in [6.07, 6.45) is 1.09. The standard InChI is InChI=1S/C20H26N2/c1-16-9-10-19-18(13-16)14-21-20(2,3)15-22(19)12-11-17-7-5-4-6-8-17/h4-10,13,21H,11-12,14-15H2,1-3H3. The van der Waals surface area contributed by atoms with Crippen molar-refractivity contribution >= 4 is 5.69 Å². The van der Waals surface area contributed by atoms with E-state index in [1.54, 1.807) is 0 Å². The molecule has 0 bridgehead atoms. The minimum absolute atomic E-state index is 0.129. The lowest BCUT2D eigenvalue weighted by molar-refractivity contribution is 0.395. The average molecular weight is 294 g/mol. The van der Waals surface area contributed by atoms with Gasteiger partial charge in [0.25, 0.3) is 0 Å². The Morgan fingerprint density at radius 1 is 1.09 bits per heavy atom. The van der Waals surface area contributed by atoms with Gasteiger partial charge in [-0.3, -0.25) is 0 Å². The third kappa shape index (κ3) is 3.50. The van der Waals surface area contributed by atoms with Crippen molar-refractivity contribution in [3.8, 4) is 0 Å². The van der Waals surface area contributed by atoms with E-state index in [9.17, 15) is 0 Å². The maximum absolute atomic E-state index is 3.69. The van der Waals surface area contributed by atoms with Crippen LogP contribution in [0.1, 0.15) is 30.5 Å². The summed E-state index contributed by atoms with van der Waals surface area (Å²) in [6, 6.07) is 17.6. The van der Waals surface area contributed by atoms with Crippen molar-refractivity contribution in [1.29, 1.82) is 0 Å². The van der Waals surface area contributed by atoms with Gasteiger partial charge in [0.2, 0.25) is 0 Å². The lowest BCUT2D eigenvalue weighted by atomic mass is 10.0. The summed E-state index contributed by atoms with van der Waals surface area (Å²) >= 11 is 0. The summed E-state index contributed by atoms with van der Waals surface area (Å²) in [5, 5.41) is 3.69. The van der Waals surface area contributed by atoms with Crippen molar-refractivity contribution in [3.05, 3.63) is 65.2 Å². The van der Waals surface area contributed by atoms with Crippen molar-refractivity contribution in [3.63, 3.8) is 0 Å². The van der Waals surface area contributed by atoms with Crippen LogP contribution in [0.4, 0.5) is 5.69 Å². The molecule has 0 radical (unpaired) electrons. The molecule has 2 heteroatoms. The summed E-state index contributed by atoms with van der Waals surface area (Å²) in [7, 11) is 0. The second-order valence-electron chi connectivity index (χ2n) is 7.03. The van der Waals surface area contributed by atoms with E-state index in [4.69, 9.17) is 0 Å². The van der Waals surface area contributed by atoms with Gasteiger partial charge in [0, 0.05) is 30.9 Å². The third-order valence-electron chi connectivity index (χ3n) is 4.43. The second-order valence-corrected chi connectivity index (χ2v) is 7.03. The predicted molar refractivity (Wildman–Crippen MR) is 94.5 cm³/mol. The molecule has 2 aromatic rings. The highest BCUT2D eigenvalue weighted by Crippen LogP contribution is 2.27. The molecule has 0 fully saturated rings. The first-order valence-corrected chi connectivity index (χ1v) is 8.17. The fourth-order valence-electron chi connectivity index (χ4n) is 3.23. The monoisotopic (exact) mass is 294 g/mol. The first-order valence-electron chi connectivity index (χ1n) is 8.17. The van der Waals surface area contributed by atoms with Crippen LogP contribution in [0, 0.1) is 6.92 Å². The summed E-state index contributed by atoms with van der Waals surface area (Å²) < 4.78 is 0. The highest BCUT2D eigenvalue weighted by atomic mass is 15.2. The second kappa shape index (κ2) is 6.13. The average Bonchev–Trinajstić information content (AvgIpc) is 2.63. The zero-order chi connectivity index (χ0) is 15.6. The van der Waals surface area contributed by atoms with Gasteiger partial charge in [0.05, 0.1) is 0 Å². The smallest absolute Gasteiger partial charge is 0.0412 e. The van der Waals surface area contributed by atoms with Crippen molar-refractivity contribution in [1.82, 2.24) is 5.32 Å². The normalized spacial score (nSPS) is 17.0. The van der Waals surface area contributed by atoms with Crippen molar-refractivity contribution < 1.29 is 0 Å². The molecule has 1 heterocycles. The molecule has 0 aromatic heterocycles. The van der Waals surface area contributed by atoms with Crippen LogP contribution < -0.4 is 10.2 Å². The van der Waals surface area contributed by atoms with E-state index < -0.39 is 0 Å². The number of rotatable bonds is 3. The number of benzene rings is 2. The fourth-order valence-corrected chi connectivity index (χ4v) is 3.23. The predicted octanol–water partition coefficient (Wildman–Crippen LogP) is 3.93. The van der Waals surface area contributed by atoms with Crippen molar-refractivity contribution in [2.24, 2.45) is 0 Å². The molecule has 116 valence electrons. The number of hydrogen-bond acceptors (Lipinski definition) is 2. The van der Waals surface area contributed by atoms with Crippen LogP contribution in [-0.4, -0.2) is 18.6 Å². The molecular formula is C20H26N2. The van der Waals surface area contributed by atoms with Crippen LogP contribution in [0.5, 0.6) is 0 Å². The first kappa shape index (κ1) is 15.1. The van der Waals surface area contributed by atoms with Crippen LogP contribution in [0.2, 0.25) is 0 Å². The largest absolute Gasteiger partial charge is 0.369 e. The minimum Gasteiger partial charge on any atom is -0.369 e. The van der Waals surface area contributed by atoms with E-state index in [2.05, 4.69) is 79.5 Å². The highest BCUT2D eigenvalue weighted by Gasteiger charge is 2.26. The molecule has 1 N–H and O–H groups in total. The topological polar surface area (TPSA) is 15.3 Å². The van der Waals surface area contributed by atoms with Crippen molar-refractivity contribution in [2.45, 2.75) is 39.3 Å². The van der Waals surface area contributed by atoms with Gasteiger partial charge >= 0.3 is 0 Å². The lowest BCUT2D eigenvalue weighted by Gasteiger charge is -2.32. The van der Waals surface area contributed by atoms with E-state index in [0.29, 0.717) is 0 Å². The SMILES string of the molecule is Cc1ccc2c(c1)CNC(C)(C)CN2CCc1ccccc1. The van der Waals surface area contributed by atoms with E-state index in [0.717, 1.165) is 26.1 Å². The molecule has 0 amide bonds. The molecule has 0 saturated carbocycles. The van der Waals surface area contributed by atoms with Crippen molar-refractivity contribution in [2.75, 3.05) is 18.0 Å². The molecule has 1 aliphatic heterocycles. The molecule has 0 spiro atoms. The van der Waals surface area contributed by atoms with Gasteiger partial charge in [-0.05, 0) is 44.4 Å². The Hall–Kier alpha value is -1.80. The van der Waals surface area contributed by atoms with E-state index in [1.807, 2.05) is 0 Å². The maximum atomic E-state index is 3.69. The van der Waals surface area contributed by atoms with Crippen LogP contribution in [0.25, 0.3) is 0 Å². The fraction of sp³-hybridized carbons (Fsp3) is 0.400. The molecular weight excluding hydrogens is 268 g/mol. The number of nitrogens with zero attached hydrogens (tertiary/aromatic N) is 1. The summed E-state index contributed by atoms with van der Waals surface area (Å²) in [5.74, 6) is 0. The number of aryl methyl sites for hydroxylation is 1. The maximum Gasteiger partial charge on any atom is 0.0412 e. The molecule has 22 heavy (non-hydrogen) atoms. The quantitative estimate of drug-likeness (QED) is 0.923. The zero-order valence-corrected chi connectivity index (χ0v) is 13.9. The van der Waals surface area contributed by atoms with Gasteiger partial charge in [-0.2, -0.15) is 0 Å². The van der Waals surface area contributed by atoms with Gasteiger partial charge in [-0.25, -0.2) is 0 Å². The van der Waals surface area contributed by atoms with Gasteiger partial charge < -0.3 is 10.2 Å². The first-order chi connectivity index (χ1) is 10.5. The Balaban J connectivity index is 1.84. The number of anilines is 1. The lowest BCUT2D eigenvalue weighted by Crippen LogP contribution is -2.47. The number of hydrogen-bond donors (Lipinski definition) is 1. The Morgan fingerprint density at radius 3 is 2.64 bits per heavy atom. The zero-order valence-electron chi connectivity index (χ0n) is 13.9. The molecule has 0 saturated heterocycles. The number of nitrogens with one attached hydrogen (secondary N) is 1.